The Hall–Kier alpha value is -1.52. The minimum absolute atomic E-state index is 0.116. The number of alkyl halides is 2. The highest BCUT2D eigenvalue weighted by Gasteiger charge is 2.44. The summed E-state index contributed by atoms with van der Waals surface area (Å²) in [7, 11) is 0. The molecule has 1 aliphatic carbocycles. The lowest BCUT2D eigenvalue weighted by atomic mass is 9.79. The molecule has 0 unspecified atom stereocenters. The number of halogens is 4. The molecule has 0 atom stereocenters. The standard InChI is InChI=1S/C22H30F4O/c1-5-7-16-8-10-17(11-9-16)22(25,26)27-18-12-14(3)21(20(24)13-18)15(4)19(23)6-2/h12-13,16-17H,5-11H2,1-4H3. The molecule has 1 saturated carbocycles. The zero-order valence-electron chi connectivity index (χ0n) is 16.7. The van der Waals surface area contributed by atoms with Crippen LogP contribution in [-0.2, 0) is 0 Å². The predicted molar refractivity (Wildman–Crippen MR) is 101 cm³/mol. The Morgan fingerprint density at radius 1 is 1.15 bits per heavy atom. The van der Waals surface area contributed by atoms with E-state index in [1.807, 2.05) is 0 Å². The van der Waals surface area contributed by atoms with E-state index in [-0.39, 0.29) is 23.3 Å². The molecule has 1 aromatic carbocycles. The molecule has 1 nitrogen and oxygen atoms in total. The van der Waals surface area contributed by atoms with Crippen molar-refractivity contribution >= 4 is 5.57 Å². The Kier molecular flexibility index (Phi) is 7.35. The fraction of sp³-hybridized carbons (Fsp3) is 0.636. The SMILES string of the molecule is CCCC1CCC(C(F)(F)Oc2cc(C)c(C(C)=C(F)CC)c(F)c2)CC1. The molecule has 0 N–H and O–H groups in total. The third-order valence-corrected chi connectivity index (χ3v) is 5.63. The van der Waals surface area contributed by atoms with Gasteiger partial charge in [-0.3, -0.25) is 0 Å². The molecule has 0 spiro atoms. The number of allylic oxidation sites excluding steroid dienone is 2. The van der Waals surface area contributed by atoms with E-state index < -0.39 is 23.7 Å². The normalized spacial score (nSPS) is 21.8. The number of rotatable bonds is 7. The van der Waals surface area contributed by atoms with Crippen LogP contribution in [0.3, 0.4) is 0 Å². The second kappa shape index (κ2) is 9.11. The monoisotopic (exact) mass is 386 g/mol. The van der Waals surface area contributed by atoms with Gasteiger partial charge in [-0.15, -0.1) is 0 Å². The van der Waals surface area contributed by atoms with Crippen molar-refractivity contribution in [2.75, 3.05) is 0 Å². The summed E-state index contributed by atoms with van der Waals surface area (Å²) in [6.07, 6.45) is 1.36. The van der Waals surface area contributed by atoms with E-state index in [1.54, 1.807) is 13.8 Å². The van der Waals surface area contributed by atoms with Crippen molar-refractivity contribution in [3.05, 3.63) is 34.9 Å². The molecule has 1 aliphatic rings. The van der Waals surface area contributed by atoms with Crippen molar-refractivity contribution in [1.29, 1.82) is 0 Å². The average molecular weight is 386 g/mol. The lowest BCUT2D eigenvalue weighted by Crippen LogP contribution is -2.37. The van der Waals surface area contributed by atoms with Crippen LogP contribution in [0.2, 0.25) is 0 Å². The minimum Gasteiger partial charge on any atom is -0.432 e. The first-order valence-corrected chi connectivity index (χ1v) is 9.92. The van der Waals surface area contributed by atoms with E-state index >= 15 is 0 Å². The predicted octanol–water partition coefficient (Wildman–Crippen LogP) is 7.82. The van der Waals surface area contributed by atoms with Gasteiger partial charge in [0.25, 0.3) is 0 Å². The van der Waals surface area contributed by atoms with Crippen molar-refractivity contribution < 1.29 is 22.3 Å². The summed E-state index contributed by atoms with van der Waals surface area (Å²) < 4.78 is 62.5. The Morgan fingerprint density at radius 2 is 1.78 bits per heavy atom. The molecule has 0 heterocycles. The summed E-state index contributed by atoms with van der Waals surface area (Å²) >= 11 is 0. The number of benzene rings is 1. The fourth-order valence-electron chi connectivity index (χ4n) is 4.08. The molecule has 0 aliphatic heterocycles. The second-order valence-corrected chi connectivity index (χ2v) is 7.65. The Labute approximate surface area is 159 Å². The van der Waals surface area contributed by atoms with Gasteiger partial charge in [-0.2, -0.15) is 8.78 Å². The molecule has 152 valence electrons. The van der Waals surface area contributed by atoms with Crippen LogP contribution >= 0.6 is 0 Å². The lowest BCUT2D eigenvalue weighted by Gasteiger charge is -2.33. The van der Waals surface area contributed by atoms with Crippen LogP contribution in [0.15, 0.2) is 18.0 Å². The zero-order chi connectivity index (χ0) is 20.2. The van der Waals surface area contributed by atoms with Gasteiger partial charge in [0.1, 0.15) is 17.4 Å². The quantitative estimate of drug-likeness (QED) is 0.434. The molecule has 1 aromatic rings. The van der Waals surface area contributed by atoms with Gasteiger partial charge in [0, 0.05) is 11.6 Å². The fourth-order valence-corrected chi connectivity index (χ4v) is 4.08. The molecule has 0 aromatic heterocycles. The molecule has 0 saturated heterocycles. The van der Waals surface area contributed by atoms with E-state index in [0.717, 1.165) is 31.7 Å². The molecular weight excluding hydrogens is 356 g/mol. The van der Waals surface area contributed by atoms with Crippen molar-refractivity contribution in [3.63, 3.8) is 0 Å². The first kappa shape index (κ1) is 21.8. The van der Waals surface area contributed by atoms with Gasteiger partial charge < -0.3 is 4.74 Å². The molecule has 0 radical (unpaired) electrons. The summed E-state index contributed by atoms with van der Waals surface area (Å²) in [5.41, 5.74) is 0.693. The van der Waals surface area contributed by atoms with Crippen molar-refractivity contribution in [3.8, 4) is 5.75 Å². The van der Waals surface area contributed by atoms with Crippen LogP contribution < -0.4 is 4.74 Å². The topological polar surface area (TPSA) is 9.23 Å². The largest absolute Gasteiger partial charge is 0.432 e. The maximum absolute atomic E-state index is 14.6. The van der Waals surface area contributed by atoms with Crippen LogP contribution in [0.1, 0.15) is 76.8 Å². The van der Waals surface area contributed by atoms with Gasteiger partial charge in [0.15, 0.2) is 0 Å². The van der Waals surface area contributed by atoms with Crippen LogP contribution in [0.4, 0.5) is 17.6 Å². The highest BCUT2D eigenvalue weighted by atomic mass is 19.3. The highest BCUT2D eigenvalue weighted by Crippen LogP contribution is 2.41. The van der Waals surface area contributed by atoms with Crippen LogP contribution in [-0.4, -0.2) is 6.11 Å². The van der Waals surface area contributed by atoms with E-state index in [0.29, 0.717) is 24.3 Å². The first-order chi connectivity index (χ1) is 12.7. The molecular formula is C22H30F4O. The summed E-state index contributed by atoms with van der Waals surface area (Å²) in [5.74, 6) is -1.70. The highest BCUT2D eigenvalue weighted by molar-refractivity contribution is 5.69. The van der Waals surface area contributed by atoms with Gasteiger partial charge in [0.05, 0.1) is 5.92 Å². The molecule has 27 heavy (non-hydrogen) atoms. The summed E-state index contributed by atoms with van der Waals surface area (Å²) in [6, 6.07) is 2.30. The maximum atomic E-state index is 14.6. The van der Waals surface area contributed by atoms with E-state index in [1.165, 1.54) is 13.0 Å². The summed E-state index contributed by atoms with van der Waals surface area (Å²) in [6.45, 7) is 6.81. The van der Waals surface area contributed by atoms with Crippen LogP contribution in [0.5, 0.6) is 5.75 Å². The van der Waals surface area contributed by atoms with Crippen molar-refractivity contribution in [2.45, 2.75) is 78.7 Å². The van der Waals surface area contributed by atoms with Crippen molar-refractivity contribution in [1.82, 2.24) is 0 Å². The summed E-state index contributed by atoms with van der Waals surface area (Å²) in [4.78, 5) is 0. The summed E-state index contributed by atoms with van der Waals surface area (Å²) in [5, 5.41) is 0. The second-order valence-electron chi connectivity index (χ2n) is 7.65. The molecule has 0 bridgehead atoms. The number of hydrogen-bond acceptors (Lipinski definition) is 1. The first-order valence-electron chi connectivity index (χ1n) is 9.92. The zero-order valence-corrected chi connectivity index (χ0v) is 16.7. The van der Waals surface area contributed by atoms with Gasteiger partial charge in [-0.25, -0.2) is 8.78 Å². The molecule has 0 amide bonds. The third-order valence-electron chi connectivity index (χ3n) is 5.63. The number of hydrogen-bond donors (Lipinski definition) is 0. The van der Waals surface area contributed by atoms with Crippen LogP contribution in [0, 0.1) is 24.6 Å². The minimum atomic E-state index is -3.34. The van der Waals surface area contributed by atoms with Gasteiger partial charge in [-0.05, 0) is 69.1 Å². The molecule has 2 rings (SSSR count). The average Bonchev–Trinajstić information content (AvgIpc) is 2.60. The number of aryl methyl sites for hydroxylation is 1. The third kappa shape index (κ3) is 5.26. The smallest absolute Gasteiger partial charge is 0.400 e. The van der Waals surface area contributed by atoms with E-state index in [9.17, 15) is 17.6 Å². The van der Waals surface area contributed by atoms with E-state index in [4.69, 9.17) is 4.74 Å². The lowest BCUT2D eigenvalue weighted by molar-refractivity contribution is -0.223. The van der Waals surface area contributed by atoms with Crippen LogP contribution in [0.25, 0.3) is 5.57 Å². The Bertz CT molecular complexity index is 650. The molecule has 5 heteroatoms. The van der Waals surface area contributed by atoms with Crippen molar-refractivity contribution in [2.24, 2.45) is 11.8 Å². The maximum Gasteiger partial charge on any atom is 0.400 e. The van der Waals surface area contributed by atoms with E-state index in [2.05, 4.69) is 6.92 Å². The van der Waals surface area contributed by atoms with Gasteiger partial charge in [-0.1, -0.05) is 26.7 Å². The Balaban J connectivity index is 2.15. The van der Waals surface area contributed by atoms with Gasteiger partial charge in [0.2, 0.25) is 0 Å². The Morgan fingerprint density at radius 3 is 2.30 bits per heavy atom. The number of ether oxygens (including phenoxy) is 1. The van der Waals surface area contributed by atoms with Gasteiger partial charge >= 0.3 is 6.11 Å². The molecule has 1 fully saturated rings.